The van der Waals surface area contributed by atoms with Gasteiger partial charge in [0.2, 0.25) is 5.88 Å². The molecule has 0 unspecified atom stereocenters. The highest BCUT2D eigenvalue weighted by atomic mass is 32.1. The van der Waals surface area contributed by atoms with Gasteiger partial charge in [0.25, 0.3) is 5.91 Å². The third kappa shape index (κ3) is 1.94. The number of methoxy groups -OCH3 is 1. The molecule has 1 aliphatic rings. The highest BCUT2D eigenvalue weighted by Gasteiger charge is 2.25. The number of nitrogens with one attached hydrogen (secondary N) is 1. The Balaban J connectivity index is 2.03. The van der Waals surface area contributed by atoms with Crippen LogP contribution < -0.4 is 10.1 Å². The van der Waals surface area contributed by atoms with Gasteiger partial charge in [0.1, 0.15) is 0 Å². The van der Waals surface area contributed by atoms with E-state index < -0.39 is 0 Å². The number of ether oxygens (including phenoxy) is 1. The number of nitrogens with zero attached hydrogens (tertiary/aromatic N) is 2. The van der Waals surface area contributed by atoms with Crippen LogP contribution in [-0.4, -0.2) is 29.0 Å². The van der Waals surface area contributed by atoms with Crippen LogP contribution in [0, 0.1) is 0 Å². The van der Waals surface area contributed by atoms with E-state index in [0.717, 1.165) is 44.4 Å². The molecule has 0 radical (unpaired) electrons. The van der Waals surface area contributed by atoms with Crippen molar-refractivity contribution in [1.82, 2.24) is 15.3 Å². The van der Waals surface area contributed by atoms with Crippen molar-refractivity contribution in [3.63, 3.8) is 0 Å². The molecule has 4 rings (SSSR count). The Morgan fingerprint density at radius 2 is 2.27 bits per heavy atom. The summed E-state index contributed by atoms with van der Waals surface area (Å²) < 4.78 is 6.23. The van der Waals surface area contributed by atoms with Gasteiger partial charge in [-0.15, -0.1) is 11.3 Å². The predicted molar refractivity (Wildman–Crippen MR) is 86.7 cm³/mol. The number of hydrogen-bond acceptors (Lipinski definition) is 5. The van der Waals surface area contributed by atoms with Gasteiger partial charge in [-0.3, -0.25) is 4.79 Å². The fourth-order valence-electron chi connectivity index (χ4n) is 2.95. The molecule has 22 heavy (non-hydrogen) atoms. The summed E-state index contributed by atoms with van der Waals surface area (Å²) in [4.78, 5) is 22.1. The highest BCUT2D eigenvalue weighted by Crippen LogP contribution is 2.37. The minimum absolute atomic E-state index is 0.0239. The molecule has 0 bridgehead atoms. The Morgan fingerprint density at radius 1 is 1.41 bits per heavy atom. The molecule has 5 nitrogen and oxygen atoms in total. The molecule has 112 valence electrons. The molecule has 0 saturated carbocycles. The molecular weight excluding hydrogens is 298 g/mol. The van der Waals surface area contributed by atoms with Gasteiger partial charge in [-0.25, -0.2) is 9.97 Å². The molecule has 1 aromatic carbocycles. The van der Waals surface area contributed by atoms with E-state index in [1.54, 1.807) is 13.3 Å². The first-order valence-electron chi connectivity index (χ1n) is 7.23. The molecule has 1 N–H and O–H groups in total. The largest absolute Gasteiger partial charge is 0.480 e. The van der Waals surface area contributed by atoms with Gasteiger partial charge >= 0.3 is 0 Å². The summed E-state index contributed by atoms with van der Waals surface area (Å²) in [6.07, 6.45) is 3.44. The van der Waals surface area contributed by atoms with Crippen molar-refractivity contribution in [1.29, 1.82) is 0 Å². The van der Waals surface area contributed by atoms with Crippen LogP contribution in [0.25, 0.3) is 21.1 Å². The van der Waals surface area contributed by atoms with Crippen molar-refractivity contribution in [3.05, 3.63) is 28.8 Å². The van der Waals surface area contributed by atoms with E-state index in [4.69, 9.17) is 4.74 Å². The number of aryl methyl sites for hydroxylation is 1. The molecule has 0 saturated heterocycles. The average molecular weight is 313 g/mol. The van der Waals surface area contributed by atoms with Crippen molar-refractivity contribution in [2.24, 2.45) is 0 Å². The van der Waals surface area contributed by atoms with E-state index in [0.29, 0.717) is 5.88 Å². The smallest absolute Gasteiger partial charge is 0.261 e. The van der Waals surface area contributed by atoms with Gasteiger partial charge in [0.05, 0.1) is 29.2 Å². The molecule has 1 aliphatic heterocycles. The highest BCUT2D eigenvalue weighted by molar-refractivity contribution is 7.21. The SMILES string of the molecule is COc1cnc2c(ccc3sc4c(c32)CC[C@@H](C)NC4=O)n1. The lowest BCUT2D eigenvalue weighted by Crippen LogP contribution is -2.30. The van der Waals surface area contributed by atoms with E-state index in [2.05, 4.69) is 15.3 Å². The zero-order valence-electron chi connectivity index (χ0n) is 12.3. The zero-order valence-corrected chi connectivity index (χ0v) is 13.2. The number of carbonyl (C=O) groups is 1. The van der Waals surface area contributed by atoms with E-state index >= 15 is 0 Å². The third-order valence-corrected chi connectivity index (χ3v) is 5.26. The molecule has 1 amide bonds. The van der Waals surface area contributed by atoms with E-state index in [1.165, 1.54) is 11.3 Å². The fourth-order valence-corrected chi connectivity index (χ4v) is 4.11. The summed E-state index contributed by atoms with van der Waals surface area (Å²) in [6, 6.07) is 4.15. The topological polar surface area (TPSA) is 64.1 Å². The summed E-state index contributed by atoms with van der Waals surface area (Å²) >= 11 is 1.54. The maximum Gasteiger partial charge on any atom is 0.261 e. The zero-order chi connectivity index (χ0) is 15.3. The first-order chi connectivity index (χ1) is 10.7. The molecule has 2 aromatic heterocycles. The quantitative estimate of drug-likeness (QED) is 0.750. The van der Waals surface area contributed by atoms with E-state index in [-0.39, 0.29) is 11.9 Å². The Labute approximate surface area is 131 Å². The van der Waals surface area contributed by atoms with Crippen molar-refractivity contribution in [2.75, 3.05) is 7.11 Å². The average Bonchev–Trinajstić information content (AvgIpc) is 2.85. The molecule has 3 heterocycles. The maximum atomic E-state index is 12.4. The monoisotopic (exact) mass is 313 g/mol. The maximum absolute atomic E-state index is 12.4. The number of thiophene rings is 1. The molecule has 1 atom stereocenters. The lowest BCUT2D eigenvalue weighted by molar-refractivity contribution is 0.0946. The number of amides is 1. The molecule has 6 heteroatoms. The van der Waals surface area contributed by atoms with Crippen LogP contribution in [0.3, 0.4) is 0 Å². The van der Waals surface area contributed by atoms with Crippen molar-refractivity contribution < 1.29 is 9.53 Å². The summed E-state index contributed by atoms with van der Waals surface area (Å²) in [7, 11) is 1.58. The lowest BCUT2D eigenvalue weighted by Gasteiger charge is -2.08. The van der Waals surface area contributed by atoms with Crippen molar-refractivity contribution >= 4 is 38.4 Å². The van der Waals surface area contributed by atoms with Gasteiger partial charge < -0.3 is 10.1 Å². The Hall–Kier alpha value is -2.21. The van der Waals surface area contributed by atoms with Gasteiger partial charge in [-0.2, -0.15) is 0 Å². The second-order valence-corrected chi connectivity index (χ2v) is 6.59. The standard InChI is InChI=1S/C16H15N3O2S/c1-8-3-4-9-13-11(22-15(9)16(20)18-8)6-5-10-14(13)17-7-12(19-10)21-2/h5-8H,3-4H2,1-2H3,(H,18,20)/t8-/m1/s1. The molecule has 0 spiro atoms. The van der Waals surface area contributed by atoms with Crippen LogP contribution in [0.2, 0.25) is 0 Å². The summed E-state index contributed by atoms with van der Waals surface area (Å²) in [5.41, 5.74) is 2.75. The van der Waals surface area contributed by atoms with Crippen LogP contribution >= 0.6 is 11.3 Å². The summed E-state index contributed by atoms with van der Waals surface area (Å²) in [5.74, 6) is 0.523. The minimum Gasteiger partial charge on any atom is -0.480 e. The van der Waals surface area contributed by atoms with Crippen LogP contribution in [0.4, 0.5) is 0 Å². The number of aromatic nitrogens is 2. The van der Waals surface area contributed by atoms with Crippen molar-refractivity contribution in [3.8, 4) is 5.88 Å². The fraction of sp³-hybridized carbons (Fsp3) is 0.312. The third-order valence-electron chi connectivity index (χ3n) is 4.06. The molecule has 0 fully saturated rings. The molecule has 0 aliphatic carbocycles. The van der Waals surface area contributed by atoms with E-state index in [9.17, 15) is 4.79 Å². The van der Waals surface area contributed by atoms with Gasteiger partial charge in [0.15, 0.2) is 0 Å². The number of hydrogen-bond donors (Lipinski definition) is 1. The predicted octanol–water partition coefficient (Wildman–Crippen LogP) is 2.92. The first kappa shape index (κ1) is 13.5. The molecular formula is C16H15N3O2S. The second-order valence-electron chi connectivity index (χ2n) is 5.54. The normalized spacial score (nSPS) is 18.1. The van der Waals surface area contributed by atoms with Gasteiger partial charge in [0, 0.05) is 16.1 Å². The molecule has 3 aromatic rings. The number of rotatable bonds is 1. The number of benzene rings is 1. The van der Waals surface area contributed by atoms with Crippen LogP contribution in [0.5, 0.6) is 5.88 Å². The summed E-state index contributed by atoms with van der Waals surface area (Å²) in [6.45, 7) is 2.04. The number of carbonyl (C=O) groups excluding carboxylic acids is 1. The van der Waals surface area contributed by atoms with Crippen LogP contribution in [-0.2, 0) is 6.42 Å². The van der Waals surface area contributed by atoms with E-state index in [1.807, 2.05) is 19.1 Å². The van der Waals surface area contributed by atoms with Gasteiger partial charge in [-0.1, -0.05) is 0 Å². The van der Waals surface area contributed by atoms with Crippen molar-refractivity contribution in [2.45, 2.75) is 25.8 Å². The number of fused-ring (bicyclic) bond motifs is 5. The Bertz CT molecular complexity index is 903. The van der Waals surface area contributed by atoms with Gasteiger partial charge in [-0.05, 0) is 37.5 Å². The summed E-state index contributed by atoms with van der Waals surface area (Å²) in [5, 5.41) is 4.11. The van der Waals surface area contributed by atoms with Crippen LogP contribution in [0.15, 0.2) is 18.3 Å². The first-order valence-corrected chi connectivity index (χ1v) is 8.05. The lowest BCUT2D eigenvalue weighted by atomic mass is 10.0. The van der Waals surface area contributed by atoms with Crippen LogP contribution in [0.1, 0.15) is 28.6 Å². The second kappa shape index (κ2) is 4.91. The Morgan fingerprint density at radius 3 is 3.09 bits per heavy atom. The minimum atomic E-state index is 0.0239. The Kier molecular flexibility index (Phi) is 3.00.